The molecule has 0 bridgehead atoms. The minimum absolute atomic E-state index is 1.31. The lowest BCUT2D eigenvalue weighted by molar-refractivity contribution is -0.104. The summed E-state index contributed by atoms with van der Waals surface area (Å²) in [6.07, 6.45) is -1.70. The van der Waals surface area contributed by atoms with Gasteiger partial charge in [0.05, 0.1) is 10.7 Å². The van der Waals surface area contributed by atoms with Gasteiger partial charge in [0.25, 0.3) is 0 Å². The lowest BCUT2D eigenvalue weighted by atomic mass is 10.3. The standard InChI is InChI=1S/C5H8O2/c1-5(4-7)2-3-6/h2,4,6H,3H2,1H3/b5-2+/i1D3,2D,3D2,4D. The molecule has 2 heteroatoms. The molecule has 0 spiro atoms. The third kappa shape index (κ3) is 3.19. The zero-order valence-corrected chi connectivity index (χ0v) is 3.36. The molecule has 0 aliphatic carbocycles. The van der Waals surface area contributed by atoms with E-state index in [1.165, 1.54) is 0 Å². The summed E-state index contributed by atoms with van der Waals surface area (Å²) in [5.41, 5.74) is -1.31. The molecule has 0 saturated heterocycles. The number of hydrogen-bond acceptors (Lipinski definition) is 2. The van der Waals surface area contributed by atoms with Crippen molar-refractivity contribution >= 4 is 6.26 Å². The quantitative estimate of drug-likeness (QED) is 0.402. The molecular weight excluding hydrogens is 92.1 g/mol. The van der Waals surface area contributed by atoms with Gasteiger partial charge < -0.3 is 5.11 Å². The van der Waals surface area contributed by atoms with Gasteiger partial charge in [-0.1, -0.05) is 6.05 Å². The Hall–Kier alpha value is -0.630. The Kier molecular flexibility index (Phi) is 0.610. The maximum atomic E-state index is 10.5. The summed E-state index contributed by atoms with van der Waals surface area (Å²) in [6.45, 7) is -6.31. The minimum Gasteiger partial charge on any atom is -0.392 e. The second-order valence-electron chi connectivity index (χ2n) is 0.714. The summed E-state index contributed by atoms with van der Waals surface area (Å²) in [5, 5.41) is 8.67. The highest BCUT2D eigenvalue weighted by molar-refractivity contribution is 5.71. The van der Waals surface area contributed by atoms with Gasteiger partial charge in [-0.05, 0) is 12.4 Å². The largest absolute Gasteiger partial charge is 0.392 e. The average Bonchev–Trinajstić information content (AvgIpc) is 1.79. The second-order valence-corrected chi connectivity index (χ2v) is 0.714. The third-order valence-corrected chi connectivity index (χ3v) is 0.283. The lowest BCUT2D eigenvalue weighted by Crippen LogP contribution is -1.78. The highest BCUT2D eigenvalue weighted by Crippen LogP contribution is 1.81. The normalized spacial score (nSPS) is 31.3. The number of aliphatic hydroxyl groups is 1. The van der Waals surface area contributed by atoms with Crippen molar-refractivity contribution < 1.29 is 19.5 Å². The molecule has 0 atom stereocenters. The van der Waals surface area contributed by atoms with Crippen LogP contribution in [0.3, 0.4) is 0 Å². The van der Waals surface area contributed by atoms with Crippen molar-refractivity contribution in [3.63, 3.8) is 0 Å². The van der Waals surface area contributed by atoms with Gasteiger partial charge in [-0.25, -0.2) is 0 Å². The third-order valence-electron chi connectivity index (χ3n) is 0.283. The van der Waals surface area contributed by atoms with Gasteiger partial charge in [0.1, 0.15) is 7.63 Å². The molecule has 0 radical (unpaired) electrons. The number of hydrogen-bond donors (Lipinski definition) is 1. The van der Waals surface area contributed by atoms with E-state index in [0.717, 1.165) is 0 Å². The molecular formula is C5H8O2. The van der Waals surface area contributed by atoms with Crippen molar-refractivity contribution in [3.05, 3.63) is 11.6 Å². The number of carbonyl (C=O) groups excluding carboxylic acids is 1. The Morgan fingerprint density at radius 3 is 3.29 bits per heavy atom. The van der Waals surface area contributed by atoms with Crippen LogP contribution in [0.5, 0.6) is 0 Å². The fourth-order valence-electron chi connectivity index (χ4n) is 0.0814. The van der Waals surface area contributed by atoms with Crippen molar-refractivity contribution in [2.45, 2.75) is 6.85 Å². The van der Waals surface area contributed by atoms with E-state index in [9.17, 15) is 4.79 Å². The molecule has 0 aromatic carbocycles. The Morgan fingerprint density at radius 1 is 2.43 bits per heavy atom. The fraction of sp³-hybridized carbons (Fsp3) is 0.400. The van der Waals surface area contributed by atoms with Crippen LogP contribution in [-0.2, 0) is 4.79 Å². The van der Waals surface area contributed by atoms with Gasteiger partial charge in [-0.15, -0.1) is 0 Å². The monoisotopic (exact) mass is 107 g/mol. The van der Waals surface area contributed by atoms with E-state index in [1.54, 1.807) is 0 Å². The molecule has 40 valence electrons. The minimum atomic E-state index is -3.24. The van der Waals surface area contributed by atoms with E-state index in [4.69, 9.17) is 14.7 Å². The molecule has 7 heavy (non-hydrogen) atoms. The van der Waals surface area contributed by atoms with Crippen molar-refractivity contribution in [1.82, 2.24) is 0 Å². The predicted octanol–water partition coefficient (Wildman–Crippen LogP) is 0.124. The van der Waals surface area contributed by atoms with Crippen LogP contribution in [0.15, 0.2) is 11.6 Å². The van der Waals surface area contributed by atoms with Crippen LogP contribution in [0, 0.1) is 0 Å². The number of aldehydes is 1. The topological polar surface area (TPSA) is 37.3 Å². The Balaban J connectivity index is 5.53. The Morgan fingerprint density at radius 2 is 3.14 bits per heavy atom. The van der Waals surface area contributed by atoms with Crippen molar-refractivity contribution in [3.8, 4) is 0 Å². The predicted molar refractivity (Wildman–Crippen MR) is 26.9 cm³/mol. The van der Waals surface area contributed by atoms with Crippen LogP contribution in [0.1, 0.15) is 16.4 Å². The molecule has 0 saturated carbocycles. The molecule has 0 amide bonds. The highest BCUT2D eigenvalue weighted by atomic mass is 16.2. The first-order valence-electron chi connectivity index (χ1n) is 4.93. The molecule has 0 unspecified atom stereocenters. The molecule has 1 N–H and O–H groups in total. The fourth-order valence-corrected chi connectivity index (χ4v) is 0.0814. The molecule has 0 fully saturated rings. The van der Waals surface area contributed by atoms with Gasteiger partial charge >= 0.3 is 0 Å². The van der Waals surface area contributed by atoms with E-state index in [-0.39, 0.29) is 0 Å². The molecule has 0 aliphatic rings. The van der Waals surface area contributed by atoms with E-state index >= 15 is 0 Å². The molecule has 0 rings (SSSR count). The summed E-state index contributed by atoms with van der Waals surface area (Å²) in [7, 11) is 0. The van der Waals surface area contributed by atoms with Crippen molar-refractivity contribution in [2.75, 3.05) is 6.56 Å². The summed E-state index contributed by atoms with van der Waals surface area (Å²) in [4.78, 5) is 10.5. The zero-order valence-electron chi connectivity index (χ0n) is 10.4. The molecule has 0 aromatic rings. The van der Waals surface area contributed by atoms with E-state index in [2.05, 4.69) is 0 Å². The number of allylic oxidation sites excluding steroid dienone is 1. The maximum absolute atomic E-state index is 10.5. The van der Waals surface area contributed by atoms with Crippen LogP contribution >= 0.6 is 0 Å². The summed E-state index contributed by atoms with van der Waals surface area (Å²) in [6, 6.07) is -1.41. The number of rotatable bonds is 2. The van der Waals surface area contributed by atoms with E-state index in [0.29, 0.717) is 0 Å². The van der Waals surface area contributed by atoms with Gasteiger partial charge in [-0.3, -0.25) is 4.79 Å². The molecule has 0 aliphatic heterocycles. The summed E-state index contributed by atoms with van der Waals surface area (Å²) < 4.78 is 47.0. The van der Waals surface area contributed by atoms with Gasteiger partial charge in [-0.2, -0.15) is 0 Å². The Bertz CT molecular complexity index is 271. The maximum Gasteiger partial charge on any atom is 0.145 e. The molecule has 0 aromatic heterocycles. The smallest absolute Gasteiger partial charge is 0.145 e. The highest BCUT2D eigenvalue weighted by Gasteiger charge is 1.77. The van der Waals surface area contributed by atoms with Crippen LogP contribution in [0.25, 0.3) is 0 Å². The van der Waals surface area contributed by atoms with Crippen LogP contribution in [0.2, 0.25) is 0 Å². The van der Waals surface area contributed by atoms with Gasteiger partial charge in [0.15, 0.2) is 0 Å². The van der Waals surface area contributed by atoms with Gasteiger partial charge in [0.2, 0.25) is 0 Å². The summed E-state index contributed by atoms with van der Waals surface area (Å²) in [5.74, 6) is 0. The first-order chi connectivity index (χ1) is 5.98. The average molecular weight is 107 g/mol. The Labute approximate surface area is 52.3 Å². The second kappa shape index (κ2) is 3.56. The summed E-state index contributed by atoms with van der Waals surface area (Å²) >= 11 is 0. The van der Waals surface area contributed by atoms with Crippen LogP contribution in [-0.4, -0.2) is 17.9 Å². The van der Waals surface area contributed by atoms with Crippen molar-refractivity contribution in [1.29, 1.82) is 0 Å². The SMILES string of the molecule is [2H]C(=O)/C(=C(\[2H])C([2H])([2H])O)C([2H])([2H])[2H]. The number of carbonyl (C=O) groups is 1. The first-order valence-corrected chi connectivity index (χ1v) is 1.43. The van der Waals surface area contributed by atoms with Crippen molar-refractivity contribution in [2.24, 2.45) is 0 Å². The zero-order chi connectivity index (χ0) is 11.7. The van der Waals surface area contributed by atoms with Crippen LogP contribution < -0.4 is 0 Å². The first kappa shape index (κ1) is 1.20. The van der Waals surface area contributed by atoms with E-state index in [1.807, 2.05) is 0 Å². The van der Waals surface area contributed by atoms with E-state index < -0.39 is 31.3 Å². The van der Waals surface area contributed by atoms with Gasteiger partial charge in [0, 0.05) is 4.11 Å². The molecule has 2 nitrogen and oxygen atoms in total. The molecule has 0 heterocycles. The van der Waals surface area contributed by atoms with Crippen LogP contribution in [0.4, 0.5) is 0 Å². The lowest BCUT2D eigenvalue weighted by Gasteiger charge is -1.79.